The number of carbonyl (C=O) groups is 1. The molecule has 0 fully saturated rings. The van der Waals surface area contributed by atoms with Crippen LogP contribution in [0.4, 0.5) is 0 Å². The van der Waals surface area contributed by atoms with E-state index in [0.717, 1.165) is 23.4 Å². The van der Waals surface area contributed by atoms with Gasteiger partial charge in [-0.3, -0.25) is 4.79 Å². The average molecular weight is 288 g/mol. The van der Waals surface area contributed by atoms with E-state index in [4.69, 9.17) is 0 Å². The molecule has 3 aromatic rings. The van der Waals surface area contributed by atoms with Crippen LogP contribution in [0.3, 0.4) is 0 Å². The minimum atomic E-state index is 0.192. The summed E-state index contributed by atoms with van der Waals surface area (Å²) >= 11 is 0. The molecule has 0 bridgehead atoms. The maximum Gasteiger partial charge on any atom is 0.166 e. The van der Waals surface area contributed by atoms with Crippen LogP contribution in [0.5, 0.6) is 0 Å². The highest BCUT2D eigenvalue weighted by Crippen LogP contribution is 2.33. The number of hydrogen-bond acceptors (Lipinski definition) is 2. The Morgan fingerprint density at radius 1 is 0.909 bits per heavy atom. The number of hydrogen-bond donors (Lipinski definition) is 0. The molecule has 22 heavy (non-hydrogen) atoms. The molecular weight excluding hydrogens is 272 g/mol. The van der Waals surface area contributed by atoms with Crippen molar-refractivity contribution in [2.24, 2.45) is 0 Å². The van der Waals surface area contributed by atoms with Crippen LogP contribution in [0.15, 0.2) is 66.9 Å². The SMILES string of the molecule is O=C1C[C@@H](c2ccccc2)Cc2c1cnn2-c1ccccc1. The zero-order valence-corrected chi connectivity index (χ0v) is 12.1. The Balaban J connectivity index is 1.76. The summed E-state index contributed by atoms with van der Waals surface area (Å²) in [5.41, 5.74) is 4.03. The standard InChI is InChI=1S/C19H16N2O/c22-19-12-15(14-7-3-1-4-8-14)11-18-17(19)13-20-21(18)16-9-5-2-6-10-16/h1-10,13,15H,11-12H2/t15-/m0/s1. The molecule has 0 aliphatic heterocycles. The van der Waals surface area contributed by atoms with E-state index in [2.05, 4.69) is 17.2 Å². The molecule has 4 rings (SSSR count). The Bertz CT molecular complexity index is 806. The van der Waals surface area contributed by atoms with Crippen molar-refractivity contribution in [3.63, 3.8) is 0 Å². The van der Waals surface area contributed by atoms with E-state index in [0.29, 0.717) is 6.42 Å². The molecule has 1 heterocycles. The van der Waals surface area contributed by atoms with Gasteiger partial charge in [0.2, 0.25) is 0 Å². The second-order valence-electron chi connectivity index (χ2n) is 5.69. The molecule has 2 aromatic carbocycles. The minimum absolute atomic E-state index is 0.192. The Kier molecular flexibility index (Phi) is 3.11. The van der Waals surface area contributed by atoms with Gasteiger partial charge >= 0.3 is 0 Å². The molecule has 0 N–H and O–H groups in total. The van der Waals surface area contributed by atoms with Crippen molar-refractivity contribution >= 4 is 5.78 Å². The molecule has 0 saturated carbocycles. The number of para-hydroxylation sites is 1. The molecule has 1 atom stereocenters. The van der Waals surface area contributed by atoms with Gasteiger partial charge in [-0.15, -0.1) is 0 Å². The van der Waals surface area contributed by atoms with Crippen molar-refractivity contribution in [3.05, 3.63) is 83.7 Å². The van der Waals surface area contributed by atoms with Crippen LogP contribution in [0.1, 0.15) is 34.0 Å². The highest BCUT2D eigenvalue weighted by atomic mass is 16.1. The maximum atomic E-state index is 12.5. The van der Waals surface area contributed by atoms with Crippen molar-refractivity contribution in [1.82, 2.24) is 9.78 Å². The summed E-state index contributed by atoms with van der Waals surface area (Å²) in [6.45, 7) is 0. The molecule has 1 aliphatic carbocycles. The van der Waals surface area contributed by atoms with Crippen molar-refractivity contribution in [2.75, 3.05) is 0 Å². The molecule has 1 aromatic heterocycles. The van der Waals surface area contributed by atoms with Crippen molar-refractivity contribution in [3.8, 4) is 5.69 Å². The summed E-state index contributed by atoms with van der Waals surface area (Å²) in [6.07, 6.45) is 3.13. The molecule has 3 heteroatoms. The number of fused-ring (bicyclic) bond motifs is 1. The normalized spacial score (nSPS) is 17.3. The first kappa shape index (κ1) is 13.0. The van der Waals surface area contributed by atoms with Crippen molar-refractivity contribution < 1.29 is 4.79 Å². The number of carbonyl (C=O) groups excluding carboxylic acids is 1. The number of nitrogens with zero attached hydrogens (tertiary/aromatic N) is 2. The lowest BCUT2D eigenvalue weighted by atomic mass is 9.82. The van der Waals surface area contributed by atoms with Gasteiger partial charge in [0.15, 0.2) is 5.78 Å². The molecule has 0 unspecified atom stereocenters. The summed E-state index contributed by atoms with van der Waals surface area (Å²) in [6, 6.07) is 20.3. The van der Waals surface area contributed by atoms with Gasteiger partial charge in [0.25, 0.3) is 0 Å². The van der Waals surface area contributed by atoms with E-state index in [-0.39, 0.29) is 11.7 Å². The fourth-order valence-electron chi connectivity index (χ4n) is 3.20. The average Bonchev–Trinajstić information content (AvgIpc) is 3.01. The maximum absolute atomic E-state index is 12.5. The van der Waals surface area contributed by atoms with Gasteiger partial charge < -0.3 is 0 Å². The Morgan fingerprint density at radius 3 is 2.32 bits per heavy atom. The summed E-state index contributed by atoms with van der Waals surface area (Å²) < 4.78 is 1.91. The largest absolute Gasteiger partial charge is 0.294 e. The van der Waals surface area contributed by atoms with Gasteiger partial charge in [0.05, 0.1) is 23.1 Å². The van der Waals surface area contributed by atoms with E-state index in [1.54, 1.807) is 6.20 Å². The highest BCUT2D eigenvalue weighted by Gasteiger charge is 2.29. The van der Waals surface area contributed by atoms with Crippen molar-refractivity contribution in [1.29, 1.82) is 0 Å². The Morgan fingerprint density at radius 2 is 1.59 bits per heavy atom. The molecule has 1 aliphatic rings. The van der Waals surface area contributed by atoms with Gasteiger partial charge in [-0.2, -0.15) is 5.10 Å². The smallest absolute Gasteiger partial charge is 0.166 e. The van der Waals surface area contributed by atoms with E-state index < -0.39 is 0 Å². The van der Waals surface area contributed by atoms with Crippen LogP contribution in [0, 0.1) is 0 Å². The minimum Gasteiger partial charge on any atom is -0.294 e. The first-order valence-electron chi connectivity index (χ1n) is 7.53. The quantitative estimate of drug-likeness (QED) is 0.719. The number of benzene rings is 2. The predicted molar refractivity (Wildman–Crippen MR) is 85.4 cm³/mol. The summed E-state index contributed by atoms with van der Waals surface area (Å²) in [5, 5.41) is 4.44. The van der Waals surface area contributed by atoms with Crippen LogP contribution < -0.4 is 0 Å². The molecule has 0 saturated heterocycles. The lowest BCUT2D eigenvalue weighted by molar-refractivity contribution is 0.0964. The number of aromatic nitrogens is 2. The lowest BCUT2D eigenvalue weighted by Gasteiger charge is -2.22. The monoisotopic (exact) mass is 288 g/mol. The first-order valence-corrected chi connectivity index (χ1v) is 7.53. The van der Waals surface area contributed by atoms with E-state index in [1.807, 2.05) is 53.2 Å². The Hall–Kier alpha value is -2.68. The Labute approximate surface area is 129 Å². The third-order valence-electron chi connectivity index (χ3n) is 4.31. The van der Waals surface area contributed by atoms with Crippen LogP contribution in [-0.2, 0) is 6.42 Å². The van der Waals surface area contributed by atoms with Crippen LogP contribution >= 0.6 is 0 Å². The van der Waals surface area contributed by atoms with Gasteiger partial charge in [-0.25, -0.2) is 4.68 Å². The topological polar surface area (TPSA) is 34.9 Å². The summed E-state index contributed by atoms with van der Waals surface area (Å²) in [7, 11) is 0. The molecule has 3 nitrogen and oxygen atoms in total. The van der Waals surface area contributed by atoms with Crippen LogP contribution in [0.2, 0.25) is 0 Å². The highest BCUT2D eigenvalue weighted by molar-refractivity contribution is 5.98. The lowest BCUT2D eigenvalue weighted by Crippen LogP contribution is -2.20. The van der Waals surface area contributed by atoms with E-state index in [1.165, 1.54) is 5.56 Å². The number of rotatable bonds is 2. The molecular formula is C19H16N2O. The molecule has 0 spiro atoms. The van der Waals surface area contributed by atoms with Gasteiger partial charge in [-0.05, 0) is 30.0 Å². The fraction of sp³-hybridized carbons (Fsp3) is 0.158. The zero-order chi connectivity index (χ0) is 14.9. The second-order valence-corrected chi connectivity index (χ2v) is 5.69. The van der Waals surface area contributed by atoms with Crippen molar-refractivity contribution in [2.45, 2.75) is 18.8 Å². The summed E-state index contributed by atoms with van der Waals surface area (Å²) in [4.78, 5) is 12.5. The first-order chi connectivity index (χ1) is 10.8. The second kappa shape index (κ2) is 5.26. The van der Waals surface area contributed by atoms with E-state index >= 15 is 0 Å². The predicted octanol–water partition coefficient (Wildman–Crippen LogP) is 3.79. The zero-order valence-electron chi connectivity index (χ0n) is 12.1. The summed E-state index contributed by atoms with van der Waals surface area (Å²) in [5.74, 6) is 0.428. The van der Waals surface area contributed by atoms with Gasteiger partial charge in [0, 0.05) is 6.42 Å². The molecule has 108 valence electrons. The van der Waals surface area contributed by atoms with E-state index in [9.17, 15) is 4.79 Å². The number of Topliss-reactive ketones (excluding diaryl/α,β-unsaturated/α-hetero) is 1. The number of ketones is 1. The van der Waals surface area contributed by atoms with Crippen LogP contribution in [-0.4, -0.2) is 15.6 Å². The third-order valence-corrected chi connectivity index (χ3v) is 4.31. The van der Waals surface area contributed by atoms with Gasteiger partial charge in [0.1, 0.15) is 0 Å². The third kappa shape index (κ3) is 2.15. The van der Waals surface area contributed by atoms with Crippen LogP contribution in [0.25, 0.3) is 5.69 Å². The molecule has 0 amide bonds. The van der Waals surface area contributed by atoms with Gasteiger partial charge in [-0.1, -0.05) is 48.5 Å². The fourth-order valence-corrected chi connectivity index (χ4v) is 3.20. The molecule has 0 radical (unpaired) electrons.